The minimum atomic E-state index is -0.587. The molecule has 2 aliphatic rings. The second kappa shape index (κ2) is 11.1. The molecular weight excluding hydrogens is 492 g/mol. The number of hydrogen-bond acceptors (Lipinski definition) is 4. The van der Waals surface area contributed by atoms with Crippen molar-refractivity contribution in [3.05, 3.63) is 63.9 Å². The number of hydrogen-bond donors (Lipinski definition) is 0. The highest BCUT2D eigenvalue weighted by atomic mass is 35.5. The molecule has 0 aliphatic carbocycles. The third-order valence-electron chi connectivity index (χ3n) is 6.87. The van der Waals surface area contributed by atoms with Crippen LogP contribution >= 0.6 is 23.2 Å². The van der Waals surface area contributed by atoms with E-state index in [1.165, 1.54) is 12.1 Å². The van der Waals surface area contributed by atoms with Crippen LogP contribution in [0.4, 0.5) is 4.39 Å². The molecule has 6 nitrogen and oxygen atoms in total. The van der Waals surface area contributed by atoms with Crippen molar-refractivity contribution >= 4 is 35.0 Å². The van der Waals surface area contributed by atoms with Gasteiger partial charge in [-0.3, -0.25) is 9.59 Å². The van der Waals surface area contributed by atoms with Crippen molar-refractivity contribution in [1.82, 2.24) is 14.7 Å². The van der Waals surface area contributed by atoms with Gasteiger partial charge in [-0.1, -0.05) is 29.3 Å². The van der Waals surface area contributed by atoms with Gasteiger partial charge in [-0.05, 0) is 56.3 Å². The van der Waals surface area contributed by atoms with Crippen LogP contribution in [-0.4, -0.2) is 79.4 Å². The quantitative estimate of drug-likeness (QED) is 0.557. The largest absolute Gasteiger partial charge is 0.493 e. The Kier molecular flexibility index (Phi) is 8.19. The number of piperidine rings is 1. The van der Waals surface area contributed by atoms with Crippen molar-refractivity contribution in [2.24, 2.45) is 5.41 Å². The molecule has 0 spiro atoms. The third-order valence-corrected chi connectivity index (χ3v) is 7.50. The molecule has 0 aromatic heterocycles. The number of carbonyl (C=O) groups is 2. The first-order valence-corrected chi connectivity index (χ1v) is 12.6. The number of benzene rings is 2. The molecule has 2 aromatic rings. The SMILES string of the molecule is CN1CCN(C(=O)C[C@]2(COc3ccc(F)cc3)CCCN(C(=O)c3c(Cl)cccc3Cl)C2)CC1. The van der Waals surface area contributed by atoms with E-state index in [1.807, 2.05) is 11.9 Å². The molecule has 0 N–H and O–H groups in total. The molecule has 2 aromatic carbocycles. The van der Waals surface area contributed by atoms with Crippen molar-refractivity contribution in [2.75, 3.05) is 52.9 Å². The van der Waals surface area contributed by atoms with Gasteiger partial charge in [-0.25, -0.2) is 4.39 Å². The number of halogens is 3. The van der Waals surface area contributed by atoms with Gasteiger partial charge in [0.15, 0.2) is 0 Å². The summed E-state index contributed by atoms with van der Waals surface area (Å²) in [5, 5.41) is 0.601. The lowest BCUT2D eigenvalue weighted by Gasteiger charge is -2.43. The minimum Gasteiger partial charge on any atom is -0.493 e. The monoisotopic (exact) mass is 521 g/mol. The summed E-state index contributed by atoms with van der Waals surface area (Å²) in [6, 6.07) is 10.8. The number of likely N-dealkylation sites (N-methyl/N-ethyl adjacent to an activating group) is 1. The van der Waals surface area contributed by atoms with Crippen LogP contribution in [0.25, 0.3) is 0 Å². The number of piperazine rings is 1. The lowest BCUT2D eigenvalue weighted by molar-refractivity contribution is -0.137. The Hall–Kier alpha value is -2.35. The van der Waals surface area contributed by atoms with E-state index in [9.17, 15) is 14.0 Å². The van der Waals surface area contributed by atoms with Gasteiger partial charge in [0.1, 0.15) is 11.6 Å². The first-order valence-electron chi connectivity index (χ1n) is 11.8. The normalized spacial score (nSPS) is 21.1. The van der Waals surface area contributed by atoms with Crippen molar-refractivity contribution in [3.63, 3.8) is 0 Å². The molecular formula is C26H30Cl2FN3O3. The molecule has 4 rings (SSSR count). The molecule has 2 fully saturated rings. The van der Waals surface area contributed by atoms with E-state index in [0.29, 0.717) is 42.0 Å². The van der Waals surface area contributed by atoms with Crippen LogP contribution in [0.15, 0.2) is 42.5 Å². The number of likely N-dealkylation sites (tertiary alicyclic amines) is 1. The van der Waals surface area contributed by atoms with Crippen LogP contribution < -0.4 is 4.74 Å². The second-order valence-corrected chi connectivity index (χ2v) is 10.3. The molecule has 35 heavy (non-hydrogen) atoms. The van der Waals surface area contributed by atoms with Crippen molar-refractivity contribution < 1.29 is 18.7 Å². The van der Waals surface area contributed by atoms with Gasteiger partial charge in [0.25, 0.3) is 5.91 Å². The van der Waals surface area contributed by atoms with Crippen molar-refractivity contribution in [2.45, 2.75) is 19.3 Å². The number of ether oxygens (including phenoxy) is 1. The first kappa shape index (κ1) is 25.7. The zero-order valence-electron chi connectivity index (χ0n) is 19.8. The van der Waals surface area contributed by atoms with Crippen LogP contribution in [0, 0.1) is 11.2 Å². The standard InChI is InChI=1S/C26H30Cl2FN3O3/c1-30-12-14-31(15-13-30)23(33)16-26(18-35-20-8-6-19(29)7-9-20)10-3-11-32(17-26)25(34)24-21(27)4-2-5-22(24)28/h2,4-9H,3,10-18H2,1H3/t26-/m1/s1. The maximum absolute atomic E-state index is 13.4. The van der Waals surface area contributed by atoms with Crippen LogP contribution in [0.5, 0.6) is 5.75 Å². The van der Waals surface area contributed by atoms with Gasteiger partial charge in [0.05, 0.1) is 22.2 Å². The zero-order chi connectivity index (χ0) is 25.0. The zero-order valence-corrected chi connectivity index (χ0v) is 21.3. The van der Waals surface area contributed by atoms with Gasteiger partial charge >= 0.3 is 0 Å². The average molecular weight is 522 g/mol. The number of carbonyl (C=O) groups excluding carboxylic acids is 2. The molecule has 2 amide bonds. The Balaban J connectivity index is 1.55. The topological polar surface area (TPSA) is 53.1 Å². The summed E-state index contributed by atoms with van der Waals surface area (Å²) in [7, 11) is 2.05. The van der Waals surface area contributed by atoms with E-state index in [-0.39, 0.29) is 36.2 Å². The predicted octanol–water partition coefficient (Wildman–Crippen LogP) is 4.60. The Labute approximate surface area is 215 Å². The smallest absolute Gasteiger partial charge is 0.256 e. The summed E-state index contributed by atoms with van der Waals surface area (Å²) in [5.74, 6) is -0.0110. The predicted molar refractivity (Wildman–Crippen MR) is 135 cm³/mol. The summed E-state index contributed by atoms with van der Waals surface area (Å²) < 4.78 is 19.4. The minimum absolute atomic E-state index is 0.0610. The van der Waals surface area contributed by atoms with E-state index >= 15 is 0 Å². The molecule has 0 unspecified atom stereocenters. The fourth-order valence-corrected chi connectivity index (χ4v) is 5.37. The van der Waals surface area contributed by atoms with Gasteiger partial charge < -0.3 is 19.4 Å². The summed E-state index contributed by atoms with van der Waals surface area (Å²) in [6.45, 7) is 4.15. The Morgan fingerprint density at radius 1 is 0.971 bits per heavy atom. The van der Waals surface area contributed by atoms with Crippen LogP contribution in [0.1, 0.15) is 29.6 Å². The Morgan fingerprint density at radius 2 is 1.63 bits per heavy atom. The second-order valence-electron chi connectivity index (χ2n) is 9.53. The van der Waals surface area contributed by atoms with Gasteiger partial charge in [0.2, 0.25) is 5.91 Å². The molecule has 188 valence electrons. The maximum atomic E-state index is 13.4. The molecule has 0 bridgehead atoms. The van der Waals surface area contributed by atoms with E-state index in [4.69, 9.17) is 27.9 Å². The van der Waals surface area contributed by atoms with Gasteiger partial charge in [-0.2, -0.15) is 0 Å². The highest BCUT2D eigenvalue weighted by Gasteiger charge is 2.41. The number of rotatable bonds is 6. The lowest BCUT2D eigenvalue weighted by atomic mass is 9.77. The summed E-state index contributed by atoms with van der Waals surface area (Å²) in [5.41, 5.74) is -0.312. The van der Waals surface area contributed by atoms with E-state index in [1.54, 1.807) is 35.2 Å². The van der Waals surface area contributed by atoms with E-state index in [2.05, 4.69) is 4.90 Å². The highest BCUT2D eigenvalue weighted by Crippen LogP contribution is 2.37. The van der Waals surface area contributed by atoms with E-state index in [0.717, 1.165) is 25.9 Å². The van der Waals surface area contributed by atoms with E-state index < -0.39 is 5.41 Å². The van der Waals surface area contributed by atoms with Crippen LogP contribution in [0.2, 0.25) is 10.0 Å². The van der Waals surface area contributed by atoms with Gasteiger partial charge in [-0.15, -0.1) is 0 Å². The molecule has 2 saturated heterocycles. The fourth-order valence-electron chi connectivity index (χ4n) is 4.81. The van der Waals surface area contributed by atoms with Crippen molar-refractivity contribution in [3.8, 4) is 5.75 Å². The number of amides is 2. The first-order chi connectivity index (χ1) is 16.8. The van der Waals surface area contributed by atoms with Crippen LogP contribution in [0.3, 0.4) is 0 Å². The highest BCUT2D eigenvalue weighted by molar-refractivity contribution is 6.39. The van der Waals surface area contributed by atoms with Gasteiger partial charge in [0, 0.05) is 51.1 Å². The fraction of sp³-hybridized carbons (Fsp3) is 0.462. The molecule has 2 aliphatic heterocycles. The summed E-state index contributed by atoms with van der Waals surface area (Å²) in [6.07, 6.45) is 1.71. The third kappa shape index (κ3) is 6.26. The molecule has 2 heterocycles. The molecule has 1 atom stereocenters. The molecule has 0 saturated carbocycles. The Morgan fingerprint density at radius 3 is 2.29 bits per heavy atom. The lowest BCUT2D eigenvalue weighted by Crippen LogP contribution is -2.53. The van der Waals surface area contributed by atoms with Crippen molar-refractivity contribution in [1.29, 1.82) is 0 Å². The summed E-state index contributed by atoms with van der Waals surface area (Å²) >= 11 is 12.6. The Bertz CT molecular complexity index is 1040. The summed E-state index contributed by atoms with van der Waals surface area (Å²) in [4.78, 5) is 32.6. The molecule has 0 radical (unpaired) electrons. The maximum Gasteiger partial charge on any atom is 0.256 e. The number of nitrogens with zero attached hydrogens (tertiary/aromatic N) is 3. The molecule has 9 heteroatoms. The van der Waals surface area contributed by atoms with Crippen LogP contribution in [-0.2, 0) is 4.79 Å². The average Bonchev–Trinajstić information content (AvgIpc) is 2.84.